The van der Waals surface area contributed by atoms with Gasteiger partial charge in [-0.05, 0) is 29.3 Å². The molecule has 34 heavy (non-hydrogen) atoms. The second-order valence-electron chi connectivity index (χ2n) is 7.87. The van der Waals surface area contributed by atoms with Crippen molar-refractivity contribution in [1.82, 2.24) is 29.9 Å². The van der Waals surface area contributed by atoms with Crippen molar-refractivity contribution in [3.8, 4) is 11.9 Å². The maximum Gasteiger partial charge on any atom is 0.319 e. The zero-order valence-corrected chi connectivity index (χ0v) is 19.7. The average molecular weight is 479 g/mol. The number of hydrogen-bond acceptors (Lipinski definition) is 8. The molecular formula is C24H23ClN6O3. The molecule has 1 aliphatic rings. The van der Waals surface area contributed by atoms with E-state index in [1.165, 1.54) is 7.11 Å². The van der Waals surface area contributed by atoms with Gasteiger partial charge in [0.15, 0.2) is 5.65 Å². The second-order valence-corrected chi connectivity index (χ2v) is 8.31. The number of fused-ring (bicyclic) bond motifs is 1. The van der Waals surface area contributed by atoms with Gasteiger partial charge in [0.2, 0.25) is 5.88 Å². The van der Waals surface area contributed by atoms with E-state index in [2.05, 4.69) is 43.7 Å². The van der Waals surface area contributed by atoms with E-state index in [0.29, 0.717) is 17.5 Å². The van der Waals surface area contributed by atoms with Gasteiger partial charge in [-0.15, -0.1) is 10.2 Å². The van der Waals surface area contributed by atoms with Crippen LogP contribution in [0.1, 0.15) is 28.3 Å². The Morgan fingerprint density at radius 2 is 1.97 bits per heavy atom. The van der Waals surface area contributed by atoms with E-state index in [1.807, 2.05) is 34.9 Å². The fraction of sp³-hybridized carbons (Fsp3) is 0.250. The molecule has 3 aromatic heterocycles. The summed E-state index contributed by atoms with van der Waals surface area (Å²) in [6.45, 7) is 0.426. The first-order valence-corrected chi connectivity index (χ1v) is 11.0. The summed E-state index contributed by atoms with van der Waals surface area (Å²) in [4.78, 5) is 8.78. The van der Waals surface area contributed by atoms with Crippen molar-refractivity contribution < 1.29 is 14.2 Å². The van der Waals surface area contributed by atoms with Gasteiger partial charge < -0.3 is 14.2 Å². The summed E-state index contributed by atoms with van der Waals surface area (Å²) in [5.74, 6) is 0.411. The molecule has 4 heterocycles. The maximum absolute atomic E-state index is 6.19. The molecule has 1 N–H and O–H groups in total. The summed E-state index contributed by atoms with van der Waals surface area (Å²) < 4.78 is 18.1. The number of methoxy groups -OCH3 is 3. The number of aromatic nitrogens is 5. The molecule has 0 saturated heterocycles. The van der Waals surface area contributed by atoms with Gasteiger partial charge in [0.05, 0.1) is 38.0 Å². The third-order valence-corrected chi connectivity index (χ3v) is 6.15. The van der Waals surface area contributed by atoms with E-state index >= 15 is 0 Å². The molecule has 0 amide bonds. The lowest BCUT2D eigenvalue weighted by molar-refractivity contribution is 0.185. The first-order valence-electron chi connectivity index (χ1n) is 10.6. The normalized spacial score (nSPS) is 19.6. The van der Waals surface area contributed by atoms with Gasteiger partial charge in [-0.2, -0.15) is 4.98 Å². The quantitative estimate of drug-likeness (QED) is 0.403. The number of halogens is 1. The molecule has 9 nitrogen and oxygen atoms in total. The lowest BCUT2D eigenvalue weighted by Crippen LogP contribution is -2.40. The SMILES string of the molecule is COCc1cc([C@@H]2C=C[C@](c3ccc(Cl)cc3)(c3cnc(OC)nc3OC)N2)cn2cnnc12. The van der Waals surface area contributed by atoms with Crippen LogP contribution in [-0.2, 0) is 16.9 Å². The molecule has 2 atom stereocenters. The molecule has 0 aliphatic carbocycles. The van der Waals surface area contributed by atoms with Gasteiger partial charge in [0.25, 0.3) is 0 Å². The molecular weight excluding hydrogens is 456 g/mol. The van der Waals surface area contributed by atoms with E-state index in [0.717, 1.165) is 27.9 Å². The van der Waals surface area contributed by atoms with E-state index in [4.69, 9.17) is 25.8 Å². The van der Waals surface area contributed by atoms with Crippen LogP contribution in [0.25, 0.3) is 5.65 Å². The second kappa shape index (κ2) is 9.02. The Kier molecular flexibility index (Phi) is 5.91. The first kappa shape index (κ1) is 22.3. The van der Waals surface area contributed by atoms with Gasteiger partial charge >= 0.3 is 6.01 Å². The van der Waals surface area contributed by atoms with Crippen LogP contribution in [0.3, 0.4) is 0 Å². The minimum Gasteiger partial charge on any atom is -0.481 e. The molecule has 0 radical (unpaired) electrons. The monoisotopic (exact) mass is 478 g/mol. The zero-order valence-electron chi connectivity index (χ0n) is 18.9. The van der Waals surface area contributed by atoms with Crippen molar-refractivity contribution in [2.24, 2.45) is 0 Å². The van der Waals surface area contributed by atoms with Crippen LogP contribution in [0.2, 0.25) is 5.02 Å². The van der Waals surface area contributed by atoms with Crippen LogP contribution in [0.5, 0.6) is 11.9 Å². The fourth-order valence-corrected chi connectivity index (χ4v) is 4.46. The van der Waals surface area contributed by atoms with Gasteiger partial charge in [-0.25, -0.2) is 4.98 Å². The molecule has 5 rings (SSSR count). The molecule has 0 saturated carbocycles. The van der Waals surface area contributed by atoms with Crippen LogP contribution >= 0.6 is 11.6 Å². The van der Waals surface area contributed by atoms with Crippen molar-refractivity contribution in [3.05, 3.63) is 88.5 Å². The predicted molar refractivity (Wildman–Crippen MR) is 126 cm³/mol. The topological polar surface area (TPSA) is 95.7 Å². The zero-order chi connectivity index (χ0) is 23.7. The van der Waals surface area contributed by atoms with Gasteiger partial charge in [0.1, 0.15) is 6.33 Å². The van der Waals surface area contributed by atoms with Gasteiger partial charge in [-0.3, -0.25) is 9.72 Å². The summed E-state index contributed by atoms with van der Waals surface area (Å²) in [5.41, 5.74) is 3.68. The average Bonchev–Trinajstić information content (AvgIpc) is 3.52. The minimum absolute atomic E-state index is 0.134. The van der Waals surface area contributed by atoms with E-state index in [9.17, 15) is 0 Å². The van der Waals surface area contributed by atoms with Crippen LogP contribution in [0.4, 0.5) is 0 Å². The Balaban J connectivity index is 1.62. The van der Waals surface area contributed by atoms with Crippen LogP contribution < -0.4 is 14.8 Å². The predicted octanol–water partition coefficient (Wildman–Crippen LogP) is 3.48. The Morgan fingerprint density at radius 3 is 2.71 bits per heavy atom. The standard InChI is InChI=1S/C24H23ClN6O3/c1-32-13-16-10-15(12-31-14-27-30-21(16)31)20-8-9-24(29-20,17-4-6-18(25)7-5-17)19-11-26-23(34-3)28-22(19)33-2/h4-12,14,20,29H,13H2,1-3H3/t20-,24-/m0/s1. The van der Waals surface area contributed by atoms with Crippen molar-refractivity contribution in [2.75, 3.05) is 21.3 Å². The maximum atomic E-state index is 6.19. The van der Waals surface area contributed by atoms with Crippen LogP contribution in [-0.4, -0.2) is 45.9 Å². The Hall–Kier alpha value is -3.53. The Labute approximate surface area is 201 Å². The number of pyridine rings is 1. The molecule has 0 spiro atoms. The fourth-order valence-electron chi connectivity index (χ4n) is 4.33. The molecule has 1 aromatic carbocycles. The highest BCUT2D eigenvalue weighted by molar-refractivity contribution is 6.30. The van der Waals surface area contributed by atoms with Crippen LogP contribution in [0.15, 0.2) is 61.2 Å². The highest BCUT2D eigenvalue weighted by Gasteiger charge is 2.41. The van der Waals surface area contributed by atoms with Crippen molar-refractivity contribution >= 4 is 17.2 Å². The van der Waals surface area contributed by atoms with Crippen molar-refractivity contribution in [1.29, 1.82) is 0 Å². The molecule has 10 heteroatoms. The third-order valence-electron chi connectivity index (χ3n) is 5.90. The third kappa shape index (κ3) is 3.77. The Morgan fingerprint density at radius 1 is 1.15 bits per heavy atom. The Bertz CT molecular complexity index is 1360. The largest absolute Gasteiger partial charge is 0.481 e. The number of nitrogens with zero attached hydrogens (tertiary/aromatic N) is 5. The summed E-state index contributed by atoms with van der Waals surface area (Å²) in [5, 5.41) is 12.7. The summed E-state index contributed by atoms with van der Waals surface area (Å²) in [6, 6.07) is 9.85. The lowest BCUT2D eigenvalue weighted by atomic mass is 9.85. The minimum atomic E-state index is -0.767. The smallest absolute Gasteiger partial charge is 0.319 e. The molecule has 0 fully saturated rings. The lowest BCUT2D eigenvalue weighted by Gasteiger charge is -2.32. The van der Waals surface area contributed by atoms with Crippen LogP contribution in [0, 0.1) is 0 Å². The number of nitrogens with one attached hydrogen (secondary N) is 1. The molecule has 0 unspecified atom stereocenters. The molecule has 174 valence electrons. The van der Waals surface area contributed by atoms with Gasteiger partial charge in [-0.1, -0.05) is 35.9 Å². The summed E-state index contributed by atoms with van der Waals surface area (Å²) >= 11 is 6.19. The number of ether oxygens (including phenoxy) is 3. The van der Waals surface area contributed by atoms with Crippen molar-refractivity contribution in [2.45, 2.75) is 18.2 Å². The molecule has 4 aromatic rings. The number of benzene rings is 1. The van der Waals surface area contributed by atoms with E-state index < -0.39 is 5.54 Å². The highest BCUT2D eigenvalue weighted by atomic mass is 35.5. The summed E-state index contributed by atoms with van der Waals surface area (Å²) in [7, 11) is 4.76. The number of rotatable bonds is 7. The molecule has 0 bridgehead atoms. The van der Waals surface area contributed by atoms with Gasteiger partial charge in [0, 0.05) is 30.1 Å². The highest BCUT2D eigenvalue weighted by Crippen LogP contribution is 2.43. The van der Waals surface area contributed by atoms with E-state index in [1.54, 1.807) is 26.7 Å². The van der Waals surface area contributed by atoms with E-state index in [-0.39, 0.29) is 12.1 Å². The number of hydrogen-bond donors (Lipinski definition) is 1. The molecule has 1 aliphatic heterocycles. The summed E-state index contributed by atoms with van der Waals surface area (Å²) in [6.07, 6.45) is 9.62. The van der Waals surface area contributed by atoms with Crippen molar-refractivity contribution in [3.63, 3.8) is 0 Å². The first-order chi connectivity index (χ1) is 16.6.